The Labute approximate surface area is 154 Å². The first-order valence-corrected chi connectivity index (χ1v) is 9.96. The van der Waals surface area contributed by atoms with E-state index in [2.05, 4.69) is 10.0 Å². The Balaban J connectivity index is 1.97. The van der Waals surface area contributed by atoms with Crippen LogP contribution < -0.4 is 14.8 Å². The summed E-state index contributed by atoms with van der Waals surface area (Å²) in [5, 5.41) is 2.75. The Morgan fingerprint density at radius 3 is 2.38 bits per heavy atom. The summed E-state index contributed by atoms with van der Waals surface area (Å²) in [5.41, 5.74) is 3.90. The maximum absolute atomic E-state index is 12.1. The van der Waals surface area contributed by atoms with Crippen LogP contribution in [0.1, 0.15) is 23.6 Å². The van der Waals surface area contributed by atoms with Crippen molar-refractivity contribution in [3.8, 4) is 5.75 Å². The minimum Gasteiger partial charge on any atom is -0.483 e. The van der Waals surface area contributed by atoms with Gasteiger partial charge in [-0.1, -0.05) is 17.7 Å². The second-order valence-electron chi connectivity index (χ2n) is 6.14. The molecule has 0 unspecified atom stereocenters. The van der Waals surface area contributed by atoms with Gasteiger partial charge in [-0.3, -0.25) is 9.52 Å². The number of benzene rings is 2. The van der Waals surface area contributed by atoms with Crippen molar-refractivity contribution < 1.29 is 17.9 Å². The van der Waals surface area contributed by atoms with Gasteiger partial charge in [0.25, 0.3) is 5.91 Å². The van der Waals surface area contributed by atoms with Crippen molar-refractivity contribution in [1.29, 1.82) is 0 Å². The summed E-state index contributed by atoms with van der Waals surface area (Å²) >= 11 is 0. The van der Waals surface area contributed by atoms with Crippen molar-refractivity contribution in [1.82, 2.24) is 0 Å². The minimum atomic E-state index is -3.33. The van der Waals surface area contributed by atoms with E-state index in [0.29, 0.717) is 17.1 Å². The van der Waals surface area contributed by atoms with Crippen LogP contribution >= 0.6 is 0 Å². The lowest BCUT2D eigenvalue weighted by molar-refractivity contribution is -0.118. The molecule has 0 aliphatic rings. The molecule has 2 N–H and O–H groups in total. The third-order valence-corrected chi connectivity index (χ3v) is 5.14. The van der Waals surface area contributed by atoms with E-state index in [1.54, 1.807) is 32.0 Å². The van der Waals surface area contributed by atoms with Crippen molar-refractivity contribution in [2.45, 2.75) is 27.7 Å². The number of carbonyl (C=O) groups excluding carboxylic acids is 1. The molecule has 2 aromatic carbocycles. The molecule has 0 aromatic heterocycles. The molecule has 0 heterocycles. The zero-order chi connectivity index (χ0) is 19.3. The standard InChI is InChI=1S/C19H24N2O4S/c1-5-26(23,24)21-17-8-7-16(11-14(17)3)20-19(22)12-25-18-9-6-13(2)10-15(18)4/h6-11,21H,5,12H2,1-4H3,(H,20,22). The molecular weight excluding hydrogens is 352 g/mol. The highest BCUT2D eigenvalue weighted by molar-refractivity contribution is 7.92. The Kier molecular flexibility index (Phi) is 6.26. The van der Waals surface area contributed by atoms with Gasteiger partial charge in [-0.25, -0.2) is 8.42 Å². The quantitative estimate of drug-likeness (QED) is 0.776. The highest BCUT2D eigenvalue weighted by Crippen LogP contribution is 2.21. The van der Waals surface area contributed by atoms with Crippen molar-refractivity contribution in [2.75, 3.05) is 22.4 Å². The Morgan fingerprint density at radius 2 is 1.77 bits per heavy atom. The van der Waals surface area contributed by atoms with Gasteiger partial charge in [0.15, 0.2) is 6.61 Å². The summed E-state index contributed by atoms with van der Waals surface area (Å²) in [4.78, 5) is 12.1. The van der Waals surface area contributed by atoms with Gasteiger partial charge in [0.1, 0.15) is 5.75 Å². The third kappa shape index (κ3) is 5.49. The van der Waals surface area contributed by atoms with Gasteiger partial charge in [-0.2, -0.15) is 0 Å². The van der Waals surface area contributed by atoms with E-state index >= 15 is 0 Å². The van der Waals surface area contributed by atoms with Gasteiger partial charge >= 0.3 is 0 Å². The summed E-state index contributed by atoms with van der Waals surface area (Å²) < 4.78 is 31.4. The lowest BCUT2D eigenvalue weighted by Crippen LogP contribution is -2.20. The molecule has 0 radical (unpaired) electrons. The van der Waals surface area contributed by atoms with E-state index in [-0.39, 0.29) is 18.3 Å². The van der Waals surface area contributed by atoms with Crippen LogP contribution in [0.25, 0.3) is 0 Å². The summed E-state index contributed by atoms with van der Waals surface area (Å²) in [6.07, 6.45) is 0. The van der Waals surface area contributed by atoms with E-state index in [0.717, 1.165) is 16.7 Å². The van der Waals surface area contributed by atoms with Crippen LogP contribution in [0, 0.1) is 20.8 Å². The normalized spacial score (nSPS) is 11.1. The molecule has 140 valence electrons. The zero-order valence-electron chi connectivity index (χ0n) is 15.4. The number of amides is 1. The third-order valence-electron chi connectivity index (χ3n) is 3.84. The number of hydrogen-bond donors (Lipinski definition) is 2. The van der Waals surface area contributed by atoms with Gasteiger partial charge < -0.3 is 10.1 Å². The molecule has 0 saturated heterocycles. The second kappa shape index (κ2) is 8.23. The molecule has 0 aliphatic heterocycles. The predicted molar refractivity (Wildman–Crippen MR) is 104 cm³/mol. The maximum atomic E-state index is 12.1. The molecule has 0 saturated carbocycles. The number of hydrogen-bond acceptors (Lipinski definition) is 4. The SMILES string of the molecule is CCS(=O)(=O)Nc1ccc(NC(=O)COc2ccc(C)cc2C)cc1C. The predicted octanol–water partition coefficient (Wildman–Crippen LogP) is 3.39. The number of carbonyl (C=O) groups is 1. The number of aryl methyl sites for hydroxylation is 3. The Bertz CT molecular complexity index is 908. The van der Waals surface area contributed by atoms with Gasteiger partial charge in [-0.05, 0) is 63.1 Å². The molecule has 2 aromatic rings. The maximum Gasteiger partial charge on any atom is 0.262 e. The summed E-state index contributed by atoms with van der Waals surface area (Å²) in [6, 6.07) is 10.8. The van der Waals surface area contributed by atoms with Crippen LogP contribution in [-0.2, 0) is 14.8 Å². The fraction of sp³-hybridized carbons (Fsp3) is 0.316. The van der Waals surface area contributed by atoms with Gasteiger partial charge in [-0.15, -0.1) is 0 Å². The number of ether oxygens (including phenoxy) is 1. The van der Waals surface area contributed by atoms with Crippen molar-refractivity contribution in [2.24, 2.45) is 0 Å². The molecule has 6 nitrogen and oxygen atoms in total. The largest absolute Gasteiger partial charge is 0.483 e. The molecule has 0 bridgehead atoms. The second-order valence-corrected chi connectivity index (χ2v) is 8.15. The van der Waals surface area contributed by atoms with E-state index in [1.165, 1.54) is 0 Å². The number of sulfonamides is 1. The van der Waals surface area contributed by atoms with E-state index in [1.807, 2.05) is 32.0 Å². The summed E-state index contributed by atoms with van der Waals surface area (Å²) in [7, 11) is -3.33. The van der Waals surface area contributed by atoms with Crippen LogP contribution in [-0.4, -0.2) is 26.7 Å². The Hall–Kier alpha value is -2.54. The van der Waals surface area contributed by atoms with Crippen molar-refractivity contribution in [3.05, 3.63) is 53.1 Å². The average molecular weight is 376 g/mol. The average Bonchev–Trinajstić information content (AvgIpc) is 2.56. The lowest BCUT2D eigenvalue weighted by atomic mass is 10.1. The smallest absolute Gasteiger partial charge is 0.262 e. The zero-order valence-corrected chi connectivity index (χ0v) is 16.2. The highest BCUT2D eigenvalue weighted by Gasteiger charge is 2.10. The number of rotatable bonds is 7. The van der Waals surface area contributed by atoms with Crippen LogP contribution in [0.5, 0.6) is 5.75 Å². The van der Waals surface area contributed by atoms with Gasteiger partial charge in [0.05, 0.1) is 11.4 Å². The first-order valence-electron chi connectivity index (χ1n) is 8.31. The summed E-state index contributed by atoms with van der Waals surface area (Å²) in [6.45, 7) is 7.17. The molecule has 0 fully saturated rings. The van der Waals surface area contributed by atoms with Gasteiger partial charge in [0, 0.05) is 5.69 Å². The minimum absolute atomic E-state index is 0.000688. The molecule has 1 amide bonds. The van der Waals surface area contributed by atoms with Crippen LogP contribution in [0.2, 0.25) is 0 Å². The Morgan fingerprint density at radius 1 is 1.04 bits per heavy atom. The fourth-order valence-corrected chi connectivity index (χ4v) is 3.11. The van der Waals surface area contributed by atoms with Crippen LogP contribution in [0.3, 0.4) is 0 Å². The highest BCUT2D eigenvalue weighted by atomic mass is 32.2. The molecular formula is C19H24N2O4S. The summed E-state index contributed by atoms with van der Waals surface area (Å²) in [5.74, 6) is 0.387. The van der Waals surface area contributed by atoms with E-state index in [9.17, 15) is 13.2 Å². The molecule has 26 heavy (non-hydrogen) atoms. The van der Waals surface area contributed by atoms with Crippen LogP contribution in [0.15, 0.2) is 36.4 Å². The fourth-order valence-electron chi connectivity index (χ4n) is 2.40. The lowest BCUT2D eigenvalue weighted by Gasteiger charge is -2.13. The number of nitrogens with one attached hydrogen (secondary N) is 2. The van der Waals surface area contributed by atoms with Gasteiger partial charge in [0.2, 0.25) is 10.0 Å². The molecule has 2 rings (SSSR count). The monoisotopic (exact) mass is 376 g/mol. The van der Waals surface area contributed by atoms with E-state index < -0.39 is 10.0 Å². The molecule has 7 heteroatoms. The first-order chi connectivity index (χ1) is 12.2. The molecule has 0 atom stereocenters. The topological polar surface area (TPSA) is 84.5 Å². The van der Waals surface area contributed by atoms with Crippen LogP contribution in [0.4, 0.5) is 11.4 Å². The molecule has 0 aliphatic carbocycles. The van der Waals surface area contributed by atoms with Crippen molar-refractivity contribution in [3.63, 3.8) is 0 Å². The number of anilines is 2. The first kappa shape index (κ1) is 19.8. The van der Waals surface area contributed by atoms with Crippen molar-refractivity contribution >= 4 is 27.3 Å². The molecule has 0 spiro atoms. The van der Waals surface area contributed by atoms with E-state index in [4.69, 9.17) is 4.74 Å².